The van der Waals surface area contributed by atoms with Crippen LogP contribution < -0.4 is 19.6 Å². The van der Waals surface area contributed by atoms with Crippen LogP contribution in [0.1, 0.15) is 19.4 Å². The first-order valence-corrected chi connectivity index (χ1v) is 8.79. The van der Waals surface area contributed by atoms with E-state index in [4.69, 9.17) is 37.4 Å². The standard InChI is InChI=1S/C19H20Cl2N2O4/c1-11(13-5-7-17(25-3)18(9-13)26-4)22-23-19(24)12(2)27-16-8-6-14(20)10-15(16)21/h5-10,12H,1-4H3,(H,23,24)/b22-11+/t12-/m1/s1. The zero-order chi connectivity index (χ0) is 20.0. The largest absolute Gasteiger partial charge is 0.493 e. The summed E-state index contributed by atoms with van der Waals surface area (Å²) >= 11 is 11.9. The highest BCUT2D eigenvalue weighted by Gasteiger charge is 2.16. The summed E-state index contributed by atoms with van der Waals surface area (Å²) in [6.07, 6.45) is -0.800. The number of amides is 1. The first-order valence-electron chi connectivity index (χ1n) is 8.04. The second-order valence-corrected chi connectivity index (χ2v) is 6.42. The second-order valence-electron chi connectivity index (χ2n) is 5.58. The first-order chi connectivity index (χ1) is 12.8. The molecule has 0 heterocycles. The van der Waals surface area contributed by atoms with Crippen molar-refractivity contribution in [3.05, 3.63) is 52.0 Å². The highest BCUT2D eigenvalue weighted by atomic mass is 35.5. The zero-order valence-electron chi connectivity index (χ0n) is 15.4. The van der Waals surface area contributed by atoms with Gasteiger partial charge in [0.2, 0.25) is 0 Å². The molecule has 6 nitrogen and oxygen atoms in total. The summed E-state index contributed by atoms with van der Waals surface area (Å²) in [6, 6.07) is 10.1. The van der Waals surface area contributed by atoms with Gasteiger partial charge in [-0.15, -0.1) is 0 Å². The van der Waals surface area contributed by atoms with Crippen molar-refractivity contribution < 1.29 is 19.0 Å². The number of methoxy groups -OCH3 is 2. The average molecular weight is 411 g/mol. The van der Waals surface area contributed by atoms with Gasteiger partial charge in [-0.1, -0.05) is 23.2 Å². The molecule has 1 N–H and O–H groups in total. The third kappa shape index (κ3) is 5.52. The molecule has 0 bridgehead atoms. The lowest BCUT2D eigenvalue weighted by atomic mass is 10.1. The number of nitrogens with one attached hydrogen (secondary N) is 1. The Balaban J connectivity index is 2.04. The number of carbonyl (C=O) groups is 1. The molecule has 2 aromatic carbocycles. The highest BCUT2D eigenvalue weighted by Crippen LogP contribution is 2.29. The van der Waals surface area contributed by atoms with Crippen LogP contribution in [0.5, 0.6) is 17.2 Å². The fraction of sp³-hybridized carbons (Fsp3) is 0.263. The van der Waals surface area contributed by atoms with Crippen LogP contribution in [0.2, 0.25) is 10.0 Å². The van der Waals surface area contributed by atoms with E-state index in [1.807, 2.05) is 6.07 Å². The fourth-order valence-corrected chi connectivity index (χ4v) is 2.62. The maximum Gasteiger partial charge on any atom is 0.280 e. The van der Waals surface area contributed by atoms with Crippen LogP contribution >= 0.6 is 23.2 Å². The highest BCUT2D eigenvalue weighted by molar-refractivity contribution is 6.35. The van der Waals surface area contributed by atoms with E-state index >= 15 is 0 Å². The topological polar surface area (TPSA) is 69.2 Å². The molecular weight excluding hydrogens is 391 g/mol. The van der Waals surface area contributed by atoms with Crippen molar-refractivity contribution in [2.75, 3.05) is 14.2 Å². The Morgan fingerprint density at radius 3 is 2.33 bits per heavy atom. The molecule has 0 unspecified atom stereocenters. The number of nitrogens with zero attached hydrogens (tertiary/aromatic N) is 1. The van der Waals surface area contributed by atoms with E-state index in [2.05, 4.69) is 10.5 Å². The summed E-state index contributed by atoms with van der Waals surface area (Å²) in [6.45, 7) is 3.37. The van der Waals surface area contributed by atoms with Crippen molar-refractivity contribution in [3.63, 3.8) is 0 Å². The molecule has 0 saturated carbocycles. The molecule has 0 radical (unpaired) electrons. The normalized spacial score (nSPS) is 12.3. The van der Waals surface area contributed by atoms with E-state index in [0.717, 1.165) is 5.56 Å². The number of hydrogen-bond donors (Lipinski definition) is 1. The number of ether oxygens (including phenoxy) is 3. The molecule has 0 aliphatic heterocycles. The Hall–Kier alpha value is -2.44. The fourth-order valence-electron chi connectivity index (χ4n) is 2.17. The smallest absolute Gasteiger partial charge is 0.280 e. The lowest BCUT2D eigenvalue weighted by Gasteiger charge is -2.14. The molecule has 1 amide bonds. The molecule has 0 aliphatic carbocycles. The zero-order valence-corrected chi connectivity index (χ0v) is 16.9. The Morgan fingerprint density at radius 2 is 1.70 bits per heavy atom. The van der Waals surface area contributed by atoms with Gasteiger partial charge in [-0.05, 0) is 50.2 Å². The molecule has 1 atom stereocenters. The Labute approximate surface area is 168 Å². The van der Waals surface area contributed by atoms with Crippen LogP contribution in [0.15, 0.2) is 41.5 Å². The van der Waals surface area contributed by atoms with Crippen molar-refractivity contribution in [1.82, 2.24) is 5.43 Å². The number of benzene rings is 2. The number of hydrazone groups is 1. The molecule has 2 rings (SSSR count). The van der Waals surface area contributed by atoms with Gasteiger partial charge in [0, 0.05) is 10.6 Å². The second kappa shape index (κ2) is 9.48. The summed E-state index contributed by atoms with van der Waals surface area (Å²) in [5, 5.41) is 4.92. The van der Waals surface area contributed by atoms with E-state index < -0.39 is 12.0 Å². The van der Waals surface area contributed by atoms with Crippen LogP contribution in [0.25, 0.3) is 0 Å². The number of rotatable bonds is 7. The first kappa shape index (κ1) is 20.9. The lowest BCUT2D eigenvalue weighted by molar-refractivity contribution is -0.127. The molecule has 144 valence electrons. The summed E-state index contributed by atoms with van der Waals surface area (Å²) in [4.78, 5) is 12.2. The van der Waals surface area contributed by atoms with Crippen molar-refractivity contribution in [2.45, 2.75) is 20.0 Å². The van der Waals surface area contributed by atoms with Gasteiger partial charge in [0.05, 0.1) is 25.0 Å². The average Bonchev–Trinajstić information content (AvgIpc) is 2.67. The minimum Gasteiger partial charge on any atom is -0.493 e. The number of carbonyl (C=O) groups excluding carboxylic acids is 1. The van der Waals surface area contributed by atoms with Gasteiger partial charge in [-0.25, -0.2) is 5.43 Å². The minimum atomic E-state index is -0.800. The maximum absolute atomic E-state index is 12.2. The van der Waals surface area contributed by atoms with E-state index in [1.165, 1.54) is 0 Å². The predicted octanol–water partition coefficient (Wildman–Crippen LogP) is 4.32. The van der Waals surface area contributed by atoms with Crippen LogP contribution in [0.4, 0.5) is 0 Å². The summed E-state index contributed by atoms with van der Waals surface area (Å²) in [5.74, 6) is 1.13. The summed E-state index contributed by atoms with van der Waals surface area (Å²) in [7, 11) is 3.11. The Morgan fingerprint density at radius 1 is 1.04 bits per heavy atom. The molecular formula is C19H20Cl2N2O4. The Bertz CT molecular complexity index is 856. The minimum absolute atomic E-state index is 0.326. The quantitative estimate of drug-likeness (QED) is 0.544. The van der Waals surface area contributed by atoms with Gasteiger partial charge in [0.25, 0.3) is 5.91 Å². The monoisotopic (exact) mass is 410 g/mol. The molecule has 0 aromatic heterocycles. The molecule has 0 aliphatic rings. The summed E-state index contributed by atoms with van der Waals surface area (Å²) in [5.41, 5.74) is 3.86. The van der Waals surface area contributed by atoms with E-state index in [1.54, 1.807) is 58.4 Å². The van der Waals surface area contributed by atoms with Gasteiger partial charge in [-0.3, -0.25) is 4.79 Å². The Kier molecular flexibility index (Phi) is 7.33. The molecule has 0 spiro atoms. The van der Waals surface area contributed by atoms with E-state index in [0.29, 0.717) is 33.0 Å². The van der Waals surface area contributed by atoms with Crippen LogP contribution in [0, 0.1) is 0 Å². The molecule has 0 fully saturated rings. The van der Waals surface area contributed by atoms with Gasteiger partial charge in [-0.2, -0.15) is 5.10 Å². The molecule has 2 aromatic rings. The number of halogens is 2. The SMILES string of the molecule is COc1ccc(/C(C)=N/NC(=O)[C@@H](C)Oc2ccc(Cl)cc2Cl)cc1OC. The van der Waals surface area contributed by atoms with Gasteiger partial charge < -0.3 is 14.2 Å². The summed E-state index contributed by atoms with van der Waals surface area (Å²) < 4.78 is 16.0. The van der Waals surface area contributed by atoms with Crippen molar-refractivity contribution in [2.24, 2.45) is 5.10 Å². The van der Waals surface area contributed by atoms with E-state index in [9.17, 15) is 4.79 Å². The third-order valence-corrected chi connectivity index (χ3v) is 4.23. The van der Waals surface area contributed by atoms with Crippen LogP contribution in [-0.4, -0.2) is 31.9 Å². The van der Waals surface area contributed by atoms with Crippen molar-refractivity contribution in [3.8, 4) is 17.2 Å². The van der Waals surface area contributed by atoms with Crippen LogP contribution in [0.3, 0.4) is 0 Å². The van der Waals surface area contributed by atoms with Crippen molar-refractivity contribution >= 4 is 34.8 Å². The van der Waals surface area contributed by atoms with E-state index in [-0.39, 0.29) is 0 Å². The van der Waals surface area contributed by atoms with Gasteiger partial charge >= 0.3 is 0 Å². The van der Waals surface area contributed by atoms with Gasteiger partial charge in [0.1, 0.15) is 5.75 Å². The lowest BCUT2D eigenvalue weighted by Crippen LogP contribution is -2.34. The molecule has 0 saturated heterocycles. The predicted molar refractivity (Wildman–Crippen MR) is 106 cm³/mol. The molecule has 27 heavy (non-hydrogen) atoms. The van der Waals surface area contributed by atoms with Crippen molar-refractivity contribution in [1.29, 1.82) is 0 Å². The maximum atomic E-state index is 12.2. The number of hydrogen-bond acceptors (Lipinski definition) is 5. The molecule has 8 heteroatoms. The van der Waals surface area contributed by atoms with Crippen LogP contribution in [-0.2, 0) is 4.79 Å². The van der Waals surface area contributed by atoms with Gasteiger partial charge in [0.15, 0.2) is 17.6 Å². The third-order valence-electron chi connectivity index (χ3n) is 3.70.